The zero-order valence-corrected chi connectivity index (χ0v) is 18.8. The number of carbonyl (C=O) groups excluding carboxylic acids is 3. The average Bonchev–Trinajstić information content (AvgIpc) is 3.10. The van der Waals surface area contributed by atoms with Crippen molar-refractivity contribution in [3.05, 3.63) is 52.3 Å². The second-order valence-corrected chi connectivity index (χ2v) is 8.04. The number of rotatable bonds is 6. The summed E-state index contributed by atoms with van der Waals surface area (Å²) in [5.74, 6) is -1.73. The van der Waals surface area contributed by atoms with E-state index in [0.29, 0.717) is 36.6 Å². The number of ketones is 1. The van der Waals surface area contributed by atoms with E-state index in [4.69, 9.17) is 0 Å². The zero-order chi connectivity index (χ0) is 24.3. The van der Waals surface area contributed by atoms with E-state index in [1.54, 1.807) is 24.8 Å². The molecule has 0 bridgehead atoms. The number of piperazine rings is 1. The molecule has 0 saturated carbocycles. The summed E-state index contributed by atoms with van der Waals surface area (Å²) in [5.41, 5.74) is 0.986. The molecule has 2 heterocycles. The Hall–Kier alpha value is -3.30. The summed E-state index contributed by atoms with van der Waals surface area (Å²) in [5, 5.41) is 2.74. The van der Waals surface area contributed by atoms with E-state index >= 15 is 0 Å². The van der Waals surface area contributed by atoms with Crippen LogP contribution in [0.1, 0.15) is 51.0 Å². The van der Waals surface area contributed by atoms with Gasteiger partial charge in [-0.25, -0.2) is 0 Å². The van der Waals surface area contributed by atoms with Crippen molar-refractivity contribution in [2.24, 2.45) is 0 Å². The molecule has 1 aliphatic heterocycles. The van der Waals surface area contributed by atoms with Crippen LogP contribution in [0.15, 0.2) is 24.3 Å². The minimum atomic E-state index is -4.43. The Labute approximate surface area is 189 Å². The number of anilines is 1. The first-order chi connectivity index (χ1) is 15.5. The number of H-pyrrole nitrogens is 1. The molecule has 10 heteroatoms. The molecule has 0 aliphatic carbocycles. The van der Waals surface area contributed by atoms with Crippen LogP contribution in [0.2, 0.25) is 0 Å². The maximum atomic E-state index is 13.0. The number of hydrogen-bond acceptors (Lipinski definition) is 4. The largest absolute Gasteiger partial charge is 0.416 e. The van der Waals surface area contributed by atoms with E-state index in [9.17, 15) is 27.6 Å². The predicted molar refractivity (Wildman–Crippen MR) is 117 cm³/mol. The molecule has 0 unspecified atom stereocenters. The van der Waals surface area contributed by atoms with Gasteiger partial charge < -0.3 is 20.1 Å². The fraction of sp³-hybridized carbons (Fsp3) is 0.435. The van der Waals surface area contributed by atoms with Gasteiger partial charge in [-0.15, -0.1) is 0 Å². The Morgan fingerprint density at radius 3 is 2.36 bits per heavy atom. The number of benzene rings is 1. The minimum absolute atomic E-state index is 0.182. The van der Waals surface area contributed by atoms with Crippen LogP contribution in [0.4, 0.5) is 18.9 Å². The van der Waals surface area contributed by atoms with E-state index in [0.717, 1.165) is 18.6 Å². The van der Waals surface area contributed by atoms with Crippen molar-refractivity contribution in [3.8, 4) is 0 Å². The SMILES string of the molecule is CCCNC(=O)c1[nH]c(C)c(C(=O)C(=O)N2CCN(c3cccc(C(F)(F)F)c3)CC2)c1C. The van der Waals surface area contributed by atoms with Gasteiger partial charge in [0.15, 0.2) is 0 Å². The Kier molecular flexibility index (Phi) is 7.14. The van der Waals surface area contributed by atoms with Gasteiger partial charge in [0.2, 0.25) is 0 Å². The molecule has 33 heavy (non-hydrogen) atoms. The van der Waals surface area contributed by atoms with Gasteiger partial charge in [0.05, 0.1) is 11.1 Å². The lowest BCUT2D eigenvalue weighted by Crippen LogP contribution is -2.50. The second-order valence-electron chi connectivity index (χ2n) is 8.04. The number of carbonyl (C=O) groups is 3. The highest BCUT2D eigenvalue weighted by atomic mass is 19.4. The molecule has 0 spiro atoms. The van der Waals surface area contributed by atoms with Gasteiger partial charge in [-0.3, -0.25) is 14.4 Å². The number of aryl methyl sites for hydroxylation is 1. The lowest BCUT2D eigenvalue weighted by atomic mass is 10.0. The Morgan fingerprint density at radius 1 is 1.09 bits per heavy atom. The van der Waals surface area contributed by atoms with Crippen LogP contribution in [-0.4, -0.2) is 60.2 Å². The number of nitrogens with zero attached hydrogens (tertiary/aromatic N) is 2. The molecule has 1 fully saturated rings. The third-order valence-electron chi connectivity index (χ3n) is 5.73. The molecule has 1 aromatic carbocycles. The number of alkyl halides is 3. The monoisotopic (exact) mass is 464 g/mol. The van der Waals surface area contributed by atoms with E-state index < -0.39 is 23.4 Å². The normalized spacial score (nSPS) is 14.4. The number of halogens is 3. The Balaban J connectivity index is 1.69. The highest BCUT2D eigenvalue weighted by Gasteiger charge is 2.33. The fourth-order valence-corrected chi connectivity index (χ4v) is 3.94. The third-order valence-corrected chi connectivity index (χ3v) is 5.73. The summed E-state index contributed by atoms with van der Waals surface area (Å²) in [6.07, 6.45) is -3.67. The number of nitrogens with one attached hydrogen (secondary N) is 2. The number of Topliss-reactive ketones (excluding diaryl/α,β-unsaturated/α-hetero) is 1. The molecule has 2 N–H and O–H groups in total. The van der Waals surface area contributed by atoms with Crippen molar-refractivity contribution in [2.75, 3.05) is 37.6 Å². The summed E-state index contributed by atoms with van der Waals surface area (Å²) < 4.78 is 39.0. The molecule has 1 aliphatic rings. The average molecular weight is 464 g/mol. The van der Waals surface area contributed by atoms with Crippen molar-refractivity contribution in [2.45, 2.75) is 33.4 Å². The minimum Gasteiger partial charge on any atom is -0.368 e. The van der Waals surface area contributed by atoms with Crippen LogP contribution < -0.4 is 10.2 Å². The van der Waals surface area contributed by atoms with Crippen LogP contribution >= 0.6 is 0 Å². The van der Waals surface area contributed by atoms with Crippen molar-refractivity contribution < 1.29 is 27.6 Å². The van der Waals surface area contributed by atoms with Gasteiger partial charge in [-0.1, -0.05) is 13.0 Å². The first kappa shape index (κ1) is 24.3. The number of amides is 2. The van der Waals surface area contributed by atoms with Crippen molar-refractivity contribution >= 4 is 23.3 Å². The molecule has 2 aromatic rings. The van der Waals surface area contributed by atoms with Crippen molar-refractivity contribution in [1.29, 1.82) is 0 Å². The number of aromatic amines is 1. The summed E-state index contributed by atoms with van der Waals surface area (Å²) in [6.45, 7) is 6.68. The molecule has 2 amide bonds. The van der Waals surface area contributed by atoms with E-state index in [2.05, 4.69) is 10.3 Å². The molecule has 0 radical (unpaired) electrons. The van der Waals surface area contributed by atoms with Gasteiger partial charge in [0.1, 0.15) is 5.69 Å². The maximum absolute atomic E-state index is 13.0. The van der Waals surface area contributed by atoms with Crippen LogP contribution in [0.5, 0.6) is 0 Å². The van der Waals surface area contributed by atoms with Gasteiger partial charge in [-0.05, 0) is 44.0 Å². The van der Waals surface area contributed by atoms with E-state index in [1.165, 1.54) is 11.0 Å². The molecule has 7 nitrogen and oxygen atoms in total. The van der Waals surface area contributed by atoms with Gasteiger partial charge in [0.25, 0.3) is 17.6 Å². The summed E-state index contributed by atoms with van der Waals surface area (Å²) in [4.78, 5) is 44.2. The first-order valence-corrected chi connectivity index (χ1v) is 10.8. The predicted octanol–water partition coefficient (Wildman–Crippen LogP) is 3.32. The maximum Gasteiger partial charge on any atom is 0.416 e. The standard InChI is InChI=1S/C23H27F3N4O3/c1-4-8-27-21(32)19-14(2)18(15(3)28-19)20(31)22(33)30-11-9-29(10-12-30)17-7-5-6-16(13-17)23(24,25)26/h5-7,13,28H,4,8-12H2,1-3H3,(H,27,32). The van der Waals surface area contributed by atoms with E-state index in [-0.39, 0.29) is 30.3 Å². The highest BCUT2D eigenvalue weighted by molar-refractivity contribution is 6.43. The zero-order valence-electron chi connectivity index (χ0n) is 18.8. The lowest BCUT2D eigenvalue weighted by molar-refractivity contribution is -0.137. The van der Waals surface area contributed by atoms with Gasteiger partial charge in [0, 0.05) is 44.1 Å². The molecular weight excluding hydrogens is 437 g/mol. The molecule has 178 valence electrons. The van der Waals surface area contributed by atoms with Crippen molar-refractivity contribution in [3.63, 3.8) is 0 Å². The van der Waals surface area contributed by atoms with Crippen LogP contribution in [0.3, 0.4) is 0 Å². The quantitative estimate of drug-likeness (QED) is 0.507. The highest BCUT2D eigenvalue weighted by Crippen LogP contribution is 2.32. The van der Waals surface area contributed by atoms with Crippen LogP contribution in [0.25, 0.3) is 0 Å². The van der Waals surface area contributed by atoms with Gasteiger partial charge >= 0.3 is 6.18 Å². The van der Waals surface area contributed by atoms with Crippen molar-refractivity contribution in [1.82, 2.24) is 15.2 Å². The Morgan fingerprint density at radius 2 is 1.76 bits per heavy atom. The number of hydrogen-bond donors (Lipinski definition) is 2. The third kappa shape index (κ3) is 5.20. The summed E-state index contributed by atoms with van der Waals surface area (Å²) in [6, 6.07) is 5.04. The first-order valence-electron chi connectivity index (χ1n) is 10.8. The molecule has 1 aromatic heterocycles. The van der Waals surface area contributed by atoms with Crippen LogP contribution in [-0.2, 0) is 11.0 Å². The summed E-state index contributed by atoms with van der Waals surface area (Å²) in [7, 11) is 0. The van der Waals surface area contributed by atoms with E-state index in [1.807, 2.05) is 6.92 Å². The topological polar surface area (TPSA) is 85.5 Å². The second kappa shape index (κ2) is 9.68. The molecule has 1 saturated heterocycles. The van der Waals surface area contributed by atoms with Crippen LogP contribution in [0, 0.1) is 13.8 Å². The lowest BCUT2D eigenvalue weighted by Gasteiger charge is -2.36. The molecule has 0 atom stereocenters. The smallest absolute Gasteiger partial charge is 0.368 e. The molecular formula is C23H27F3N4O3. The molecule has 3 rings (SSSR count). The number of aromatic nitrogens is 1. The Bertz CT molecular complexity index is 1050. The fourth-order valence-electron chi connectivity index (χ4n) is 3.94. The van der Waals surface area contributed by atoms with Gasteiger partial charge in [-0.2, -0.15) is 13.2 Å². The summed E-state index contributed by atoms with van der Waals surface area (Å²) >= 11 is 0.